The fraction of sp³-hybridized carbons (Fsp3) is 0.0909. The van der Waals surface area contributed by atoms with E-state index < -0.39 is 0 Å². The smallest absolute Gasteiger partial charge is 0.196 e. The van der Waals surface area contributed by atoms with Crippen LogP contribution in [0, 0.1) is 0 Å². The van der Waals surface area contributed by atoms with Crippen LogP contribution < -0.4 is 4.74 Å². The summed E-state index contributed by atoms with van der Waals surface area (Å²) in [6, 6.07) is 25.1. The molecular weight excluding hydrogens is 425 g/mol. The maximum Gasteiger partial charge on any atom is 0.196 e. The Morgan fingerprint density at radius 2 is 1.45 bits per heavy atom. The third-order valence-corrected chi connectivity index (χ3v) is 5.68. The van der Waals surface area contributed by atoms with Crippen LogP contribution >= 0.6 is 35.0 Å². The Morgan fingerprint density at radius 1 is 0.793 bits per heavy atom. The Balaban J connectivity index is 1.56. The molecule has 7 heteroatoms. The molecule has 4 nitrogen and oxygen atoms in total. The quantitative estimate of drug-likeness (QED) is 0.309. The number of hydrogen-bond acceptors (Lipinski definition) is 4. The van der Waals surface area contributed by atoms with Crippen molar-refractivity contribution in [1.29, 1.82) is 0 Å². The van der Waals surface area contributed by atoms with Gasteiger partial charge in [0.05, 0.1) is 0 Å². The first-order valence-corrected chi connectivity index (χ1v) is 10.7. The molecule has 0 aliphatic heterocycles. The van der Waals surface area contributed by atoms with Crippen molar-refractivity contribution in [2.24, 2.45) is 0 Å². The molecule has 0 aliphatic carbocycles. The predicted molar refractivity (Wildman–Crippen MR) is 118 cm³/mol. The summed E-state index contributed by atoms with van der Waals surface area (Å²) in [6.45, 7) is 0.297. The maximum absolute atomic E-state index is 5.98. The highest BCUT2D eigenvalue weighted by Crippen LogP contribution is 2.26. The van der Waals surface area contributed by atoms with Crippen LogP contribution in [0.4, 0.5) is 0 Å². The molecule has 1 heterocycles. The molecule has 0 spiro atoms. The minimum absolute atomic E-state index is 0.297. The van der Waals surface area contributed by atoms with Crippen molar-refractivity contribution in [2.75, 3.05) is 0 Å². The van der Waals surface area contributed by atoms with Gasteiger partial charge in [-0.1, -0.05) is 65.3 Å². The van der Waals surface area contributed by atoms with Gasteiger partial charge in [-0.2, -0.15) is 0 Å². The Morgan fingerprint density at radius 3 is 2.14 bits per heavy atom. The van der Waals surface area contributed by atoms with Gasteiger partial charge in [0.25, 0.3) is 0 Å². The summed E-state index contributed by atoms with van der Waals surface area (Å²) in [5, 5.41) is 11.0. The third kappa shape index (κ3) is 5.12. The fourth-order valence-electron chi connectivity index (χ4n) is 2.73. The number of hydrogen-bond donors (Lipinski definition) is 0. The third-order valence-electron chi connectivity index (χ3n) is 4.18. The Labute approximate surface area is 183 Å². The summed E-state index contributed by atoms with van der Waals surface area (Å²) in [4.78, 5) is 0. The monoisotopic (exact) mass is 441 g/mol. The van der Waals surface area contributed by atoms with Gasteiger partial charge < -0.3 is 4.74 Å². The summed E-state index contributed by atoms with van der Waals surface area (Å²) < 4.78 is 7.92. The van der Waals surface area contributed by atoms with Crippen molar-refractivity contribution in [1.82, 2.24) is 14.8 Å². The van der Waals surface area contributed by atoms with Crippen LogP contribution in [-0.4, -0.2) is 14.8 Å². The molecule has 29 heavy (non-hydrogen) atoms. The number of nitrogens with zero attached hydrogens (tertiary/aromatic N) is 3. The second-order valence-corrected chi connectivity index (χ2v) is 8.04. The average Bonchev–Trinajstić information content (AvgIpc) is 3.16. The highest BCUT2D eigenvalue weighted by molar-refractivity contribution is 7.98. The van der Waals surface area contributed by atoms with E-state index in [9.17, 15) is 0 Å². The number of benzene rings is 3. The molecule has 3 aromatic carbocycles. The summed E-state index contributed by atoms with van der Waals surface area (Å²) in [5.74, 6) is 2.22. The van der Waals surface area contributed by atoms with Gasteiger partial charge >= 0.3 is 0 Å². The Kier molecular flexibility index (Phi) is 6.39. The normalized spacial score (nSPS) is 10.8. The van der Waals surface area contributed by atoms with Crippen molar-refractivity contribution in [3.63, 3.8) is 0 Å². The Bertz CT molecular complexity index is 1000. The van der Waals surface area contributed by atoms with Crippen LogP contribution in [0.1, 0.15) is 11.4 Å². The molecule has 0 radical (unpaired) electrons. The first-order chi connectivity index (χ1) is 14.2. The summed E-state index contributed by atoms with van der Waals surface area (Å²) in [5.41, 5.74) is 2.16. The van der Waals surface area contributed by atoms with Crippen molar-refractivity contribution in [3.8, 4) is 11.4 Å². The van der Waals surface area contributed by atoms with Gasteiger partial charge in [-0.25, -0.2) is 0 Å². The summed E-state index contributed by atoms with van der Waals surface area (Å²) >= 11 is 13.5. The zero-order valence-corrected chi connectivity index (χ0v) is 17.7. The van der Waals surface area contributed by atoms with E-state index in [4.69, 9.17) is 27.9 Å². The van der Waals surface area contributed by atoms with Gasteiger partial charge in [0.2, 0.25) is 0 Å². The van der Waals surface area contributed by atoms with Gasteiger partial charge in [-0.05, 0) is 54.1 Å². The predicted octanol–water partition coefficient (Wildman–Crippen LogP) is 6.45. The van der Waals surface area contributed by atoms with Crippen molar-refractivity contribution in [3.05, 3.63) is 100 Å². The molecule has 0 fully saturated rings. The van der Waals surface area contributed by atoms with Gasteiger partial charge in [-0.15, -0.1) is 10.2 Å². The Hall–Kier alpha value is -2.47. The first kappa shape index (κ1) is 19.8. The highest BCUT2D eigenvalue weighted by Gasteiger charge is 2.15. The number of ether oxygens (including phenoxy) is 1. The van der Waals surface area contributed by atoms with Crippen LogP contribution in [0.3, 0.4) is 0 Å². The van der Waals surface area contributed by atoms with E-state index in [0.29, 0.717) is 11.6 Å². The average molecular weight is 442 g/mol. The number of rotatable bonds is 7. The van der Waals surface area contributed by atoms with Crippen LogP contribution in [0.5, 0.6) is 5.75 Å². The lowest BCUT2D eigenvalue weighted by molar-refractivity contribution is 0.293. The van der Waals surface area contributed by atoms with Crippen LogP contribution in [0.15, 0.2) is 84.0 Å². The van der Waals surface area contributed by atoms with Crippen LogP contribution in [0.2, 0.25) is 10.0 Å². The van der Waals surface area contributed by atoms with Crippen molar-refractivity contribution < 1.29 is 4.74 Å². The molecule has 0 aliphatic rings. The summed E-state index contributed by atoms with van der Waals surface area (Å²) in [7, 11) is 0. The minimum atomic E-state index is 0.297. The zero-order chi connectivity index (χ0) is 20.1. The van der Waals surface area contributed by atoms with Crippen LogP contribution in [-0.2, 0) is 12.4 Å². The zero-order valence-electron chi connectivity index (χ0n) is 15.3. The molecule has 4 rings (SSSR count). The molecular formula is C22H17Cl2N3OS. The van der Waals surface area contributed by atoms with E-state index in [1.165, 1.54) is 5.56 Å². The lowest BCUT2D eigenvalue weighted by Crippen LogP contribution is -2.06. The largest absolute Gasteiger partial charge is 0.486 e. The van der Waals surface area contributed by atoms with Crippen LogP contribution in [0.25, 0.3) is 5.69 Å². The molecule has 0 bridgehead atoms. The minimum Gasteiger partial charge on any atom is -0.486 e. The van der Waals surface area contributed by atoms with Crippen molar-refractivity contribution in [2.45, 2.75) is 17.5 Å². The molecule has 0 amide bonds. The van der Waals surface area contributed by atoms with E-state index in [2.05, 4.69) is 10.2 Å². The summed E-state index contributed by atoms with van der Waals surface area (Å²) in [6.07, 6.45) is 0. The lowest BCUT2D eigenvalue weighted by atomic mass is 10.2. The van der Waals surface area contributed by atoms with Gasteiger partial charge in [0.15, 0.2) is 11.0 Å². The number of halogens is 2. The molecule has 0 unspecified atom stereocenters. The van der Waals surface area contributed by atoms with E-state index >= 15 is 0 Å². The molecule has 0 atom stereocenters. The molecule has 4 aromatic rings. The molecule has 146 valence electrons. The van der Waals surface area contributed by atoms with Crippen molar-refractivity contribution >= 4 is 35.0 Å². The van der Waals surface area contributed by atoms with E-state index in [1.807, 2.05) is 71.3 Å². The number of aromatic nitrogens is 3. The van der Waals surface area contributed by atoms with Gasteiger partial charge in [-0.3, -0.25) is 4.57 Å². The number of thioether (sulfide) groups is 1. The van der Waals surface area contributed by atoms with Gasteiger partial charge in [0.1, 0.15) is 12.4 Å². The molecule has 0 N–H and O–H groups in total. The van der Waals surface area contributed by atoms with E-state index in [0.717, 1.165) is 33.2 Å². The maximum atomic E-state index is 5.98. The highest BCUT2D eigenvalue weighted by atomic mass is 35.5. The number of para-hydroxylation sites is 1. The van der Waals surface area contributed by atoms with E-state index in [1.54, 1.807) is 23.9 Å². The van der Waals surface area contributed by atoms with Gasteiger partial charge in [0, 0.05) is 21.5 Å². The lowest BCUT2D eigenvalue weighted by Gasteiger charge is -2.11. The first-order valence-electron chi connectivity index (χ1n) is 8.94. The molecule has 0 saturated carbocycles. The second kappa shape index (κ2) is 9.35. The molecule has 0 saturated heterocycles. The SMILES string of the molecule is Clc1ccc(CSc2nnc(COc3ccc(Cl)cc3)n2-c2ccccc2)cc1. The molecule has 1 aromatic heterocycles. The fourth-order valence-corrected chi connectivity index (χ4v) is 3.91. The van der Waals surface area contributed by atoms with E-state index in [-0.39, 0.29) is 0 Å². The standard InChI is InChI=1S/C22H17Cl2N3OS/c23-17-8-6-16(7-9-17)15-29-22-26-25-21(27(22)19-4-2-1-3-5-19)14-28-20-12-10-18(24)11-13-20/h1-13H,14-15H2. The second-order valence-electron chi connectivity index (χ2n) is 6.23. The topological polar surface area (TPSA) is 39.9 Å².